The minimum Gasteiger partial charge on any atom is -0.610 e. The van der Waals surface area contributed by atoms with Gasteiger partial charge in [-0.15, -0.1) is 5.98 Å². The van der Waals surface area contributed by atoms with Crippen LogP contribution >= 0.6 is 0 Å². The van der Waals surface area contributed by atoms with Gasteiger partial charge in [0.15, 0.2) is 0 Å². The van der Waals surface area contributed by atoms with Crippen molar-refractivity contribution in [1.82, 2.24) is 0 Å². The van der Waals surface area contributed by atoms with Crippen LogP contribution in [0.2, 0.25) is 0 Å². The van der Waals surface area contributed by atoms with Crippen LogP contribution in [-0.4, -0.2) is 30.2 Å². The lowest BCUT2D eigenvalue weighted by Gasteiger charge is -2.20. The Kier molecular flexibility index (Phi) is 2.00. The molecule has 2 aliphatic heterocycles. The number of rotatable bonds is 2. The molecule has 2 fully saturated rings. The molecule has 0 aromatic heterocycles. The average Bonchev–Trinajstić information content (AvgIpc) is 2.53. The Morgan fingerprint density at radius 3 is 2.43 bits per heavy atom. The van der Waals surface area contributed by atoms with Crippen molar-refractivity contribution in [2.24, 2.45) is 0 Å². The second kappa shape index (κ2) is 3.06. The van der Waals surface area contributed by atoms with Gasteiger partial charge in [-0.1, -0.05) is 6.08 Å². The molecule has 5 nitrogen and oxygen atoms in total. The van der Waals surface area contributed by atoms with Crippen LogP contribution in [0.4, 0.5) is 0 Å². The Labute approximate surface area is 80.7 Å². The molecule has 0 bridgehead atoms. The zero-order chi connectivity index (χ0) is 10.2. The first kappa shape index (κ1) is 9.14. The smallest absolute Gasteiger partial charge is 0.581 e. The molecule has 0 saturated carbocycles. The normalized spacial score (nSPS) is 23.9. The van der Waals surface area contributed by atoms with E-state index in [-0.39, 0.29) is 31.4 Å². The molecule has 0 aliphatic carbocycles. The number of hydrogen-bond acceptors (Lipinski definition) is 5. The summed E-state index contributed by atoms with van der Waals surface area (Å²) in [7, 11) is 0. The van der Waals surface area contributed by atoms with E-state index in [1.165, 1.54) is 12.1 Å². The molecule has 6 heteroatoms. The third-order valence-corrected chi connectivity index (χ3v) is 2.42. The van der Waals surface area contributed by atoms with Gasteiger partial charge in [0.05, 0.1) is 6.61 Å². The third kappa shape index (κ3) is 1.28. The molecule has 0 atom stereocenters. The van der Waals surface area contributed by atoms with Crippen LogP contribution in [-0.2, 0) is 18.9 Å². The van der Waals surface area contributed by atoms with Gasteiger partial charge in [-0.3, -0.25) is 9.59 Å². The van der Waals surface area contributed by atoms with Crippen molar-refractivity contribution >= 4 is 18.5 Å². The molecular weight excluding hydrogens is 187 g/mol. The minimum atomic E-state index is -2.02. The predicted molar refractivity (Wildman–Crippen MR) is 46.6 cm³/mol. The zero-order valence-electron chi connectivity index (χ0n) is 7.43. The van der Waals surface area contributed by atoms with E-state index < -0.39 is 6.55 Å². The van der Waals surface area contributed by atoms with Crippen molar-refractivity contribution in [3.63, 3.8) is 0 Å². The standard InChI is InChI=1S/C8H9BO5/c10-3-1-2-9-6(4-7(11)13-9)5-8(12)14-9/h1-2,10H,3-5H2/b2-1+. The maximum Gasteiger partial charge on any atom is 0.581 e. The fourth-order valence-electron chi connectivity index (χ4n) is 1.84. The number of aliphatic hydroxyl groups excluding tert-OH is 1. The summed E-state index contributed by atoms with van der Waals surface area (Å²) in [6.45, 7) is -2.19. The van der Waals surface area contributed by atoms with E-state index in [0.717, 1.165) is 0 Å². The first-order valence-electron chi connectivity index (χ1n) is 4.38. The molecule has 0 radical (unpaired) electrons. The summed E-state index contributed by atoms with van der Waals surface area (Å²) in [5, 5.41) is 8.61. The fourth-order valence-corrected chi connectivity index (χ4v) is 1.84. The van der Waals surface area contributed by atoms with Gasteiger partial charge in [-0.05, 0) is 0 Å². The molecule has 0 aromatic carbocycles. The Morgan fingerprint density at radius 2 is 1.93 bits per heavy atom. The number of hydrogen-bond donors (Lipinski definition) is 1. The molecule has 2 rings (SSSR count). The Hall–Kier alpha value is -1.43. The van der Waals surface area contributed by atoms with Crippen molar-refractivity contribution in [1.29, 1.82) is 0 Å². The summed E-state index contributed by atoms with van der Waals surface area (Å²) < 4.78 is 9.98. The summed E-state index contributed by atoms with van der Waals surface area (Å²) in [5.74, 6) is 1.38. The zero-order valence-corrected chi connectivity index (χ0v) is 7.43. The van der Waals surface area contributed by atoms with E-state index in [0.29, 0.717) is 5.82 Å². The van der Waals surface area contributed by atoms with Crippen LogP contribution in [0, 0.1) is 5.82 Å². The van der Waals surface area contributed by atoms with Gasteiger partial charge in [-0.2, -0.15) is 0 Å². The van der Waals surface area contributed by atoms with Gasteiger partial charge in [-0.25, -0.2) is 0 Å². The Morgan fingerprint density at radius 1 is 1.36 bits per heavy atom. The number of fused-ring (bicyclic) bond motifs is 1. The lowest BCUT2D eigenvalue weighted by molar-refractivity contribution is -0.138. The maximum atomic E-state index is 11.0. The van der Waals surface area contributed by atoms with Crippen LogP contribution in [0.5, 0.6) is 0 Å². The largest absolute Gasteiger partial charge is 0.610 e. The van der Waals surface area contributed by atoms with Crippen molar-refractivity contribution in [2.45, 2.75) is 12.8 Å². The van der Waals surface area contributed by atoms with Gasteiger partial charge >= 0.3 is 18.5 Å². The molecule has 2 heterocycles. The van der Waals surface area contributed by atoms with E-state index in [1.807, 2.05) is 0 Å². The molecule has 1 N–H and O–H groups in total. The van der Waals surface area contributed by atoms with E-state index in [1.54, 1.807) is 0 Å². The highest BCUT2D eigenvalue weighted by atomic mass is 16.7. The Balaban J connectivity index is 2.24. The molecule has 2 saturated heterocycles. The highest BCUT2D eigenvalue weighted by Crippen LogP contribution is 2.40. The van der Waals surface area contributed by atoms with E-state index in [2.05, 4.69) is 0 Å². The summed E-state index contributed by atoms with van der Waals surface area (Å²) >= 11 is 0. The average molecular weight is 196 g/mol. The van der Waals surface area contributed by atoms with E-state index in [4.69, 9.17) is 14.4 Å². The van der Waals surface area contributed by atoms with Crippen LogP contribution < -0.4 is 0 Å². The van der Waals surface area contributed by atoms with Gasteiger partial charge in [0.25, 0.3) is 0 Å². The number of carbonyl (C=O) groups is 2. The van der Waals surface area contributed by atoms with Crippen molar-refractivity contribution < 1.29 is 24.0 Å². The summed E-state index contributed by atoms with van der Waals surface area (Å²) in [4.78, 5) is 22.0. The van der Waals surface area contributed by atoms with Crippen molar-refractivity contribution in [2.75, 3.05) is 6.61 Å². The lowest BCUT2D eigenvalue weighted by Crippen LogP contribution is -2.38. The molecule has 74 valence electrons. The molecule has 2 aliphatic rings. The number of aliphatic hydroxyl groups is 1. The van der Waals surface area contributed by atoms with Crippen LogP contribution in [0.3, 0.4) is 0 Å². The first-order valence-corrected chi connectivity index (χ1v) is 4.38. The van der Waals surface area contributed by atoms with Crippen molar-refractivity contribution in [3.05, 3.63) is 17.9 Å². The molecule has 14 heavy (non-hydrogen) atoms. The highest BCUT2D eigenvalue weighted by molar-refractivity contribution is 6.84. The second-order valence-corrected chi connectivity index (χ2v) is 3.37. The van der Waals surface area contributed by atoms with Gasteiger partial charge in [0.2, 0.25) is 0 Å². The summed E-state index contributed by atoms with van der Waals surface area (Å²) in [5.41, 5.74) is 0. The minimum absolute atomic E-state index is 0.140. The topological polar surface area (TPSA) is 72.8 Å². The van der Waals surface area contributed by atoms with Crippen LogP contribution in [0.1, 0.15) is 12.8 Å². The van der Waals surface area contributed by atoms with E-state index >= 15 is 0 Å². The third-order valence-electron chi connectivity index (χ3n) is 2.42. The summed E-state index contributed by atoms with van der Waals surface area (Å²) in [6.07, 6.45) is 1.69. The fraction of sp³-hybridized carbons (Fsp3) is 0.375. The highest BCUT2D eigenvalue weighted by Gasteiger charge is 2.62. The maximum absolute atomic E-state index is 11.0. The molecular formula is C8H9BO5. The second-order valence-electron chi connectivity index (χ2n) is 3.37. The van der Waals surface area contributed by atoms with Gasteiger partial charge in [0, 0.05) is 5.82 Å². The van der Waals surface area contributed by atoms with Gasteiger partial charge in [0.1, 0.15) is 12.8 Å². The quantitative estimate of drug-likeness (QED) is 0.477. The molecule has 0 spiro atoms. The van der Waals surface area contributed by atoms with Crippen LogP contribution in [0.25, 0.3) is 0 Å². The van der Waals surface area contributed by atoms with E-state index in [9.17, 15) is 9.59 Å². The van der Waals surface area contributed by atoms with Crippen molar-refractivity contribution in [3.8, 4) is 0 Å². The summed E-state index contributed by atoms with van der Waals surface area (Å²) in [6, 6.07) is 0. The van der Waals surface area contributed by atoms with Gasteiger partial charge < -0.3 is 14.4 Å². The predicted octanol–water partition coefficient (Wildman–Crippen LogP) is -0.476. The lowest BCUT2D eigenvalue weighted by atomic mass is 9.49. The number of carbonyl (C=O) groups excluding carboxylic acids is 2. The SMILES string of the molecule is O=C1C[C+]2CC(=O)O[B-]2(/C=C/CO)O1. The Bertz CT molecular complexity index is 291. The first-order chi connectivity index (χ1) is 6.66. The molecule has 0 amide bonds. The van der Waals surface area contributed by atoms with Crippen LogP contribution in [0.15, 0.2) is 12.1 Å². The molecule has 0 aromatic rings. The molecule has 0 unspecified atom stereocenters. The monoisotopic (exact) mass is 196 g/mol.